The van der Waals surface area contributed by atoms with Gasteiger partial charge in [0.1, 0.15) is 6.61 Å². The van der Waals surface area contributed by atoms with E-state index < -0.39 is 6.04 Å². The van der Waals surface area contributed by atoms with Crippen molar-refractivity contribution in [2.45, 2.75) is 57.7 Å². The zero-order chi connectivity index (χ0) is 19.2. The fourth-order valence-electron chi connectivity index (χ4n) is 4.14. The number of hydrogen-bond acceptors (Lipinski definition) is 4. The van der Waals surface area contributed by atoms with Crippen LogP contribution in [0, 0.1) is 5.92 Å². The van der Waals surface area contributed by atoms with Gasteiger partial charge in [-0.3, -0.25) is 4.79 Å². The van der Waals surface area contributed by atoms with Crippen molar-refractivity contribution >= 4 is 24.4 Å². The standard InChI is InChI=1S/C21H31N3O3.ClH/c1-16-14-23(20(25)19(22)18-10-6-3-7-11-18)12-13-24(16)21(26)27-15-17-8-4-2-5-9-17;/h2,4-5,8-9,16,18-19H,3,6-7,10-15,22H2,1H3;1H. The Labute approximate surface area is 173 Å². The summed E-state index contributed by atoms with van der Waals surface area (Å²) in [6.07, 6.45) is 5.36. The van der Waals surface area contributed by atoms with Crippen molar-refractivity contribution in [2.75, 3.05) is 19.6 Å². The molecule has 1 saturated heterocycles. The third kappa shape index (κ3) is 5.61. The van der Waals surface area contributed by atoms with Gasteiger partial charge in [0.25, 0.3) is 0 Å². The first-order valence-corrected chi connectivity index (χ1v) is 10.1. The molecule has 2 atom stereocenters. The first-order chi connectivity index (χ1) is 13.1. The van der Waals surface area contributed by atoms with E-state index in [4.69, 9.17) is 10.5 Å². The van der Waals surface area contributed by atoms with Gasteiger partial charge in [0.2, 0.25) is 5.91 Å². The largest absolute Gasteiger partial charge is 0.445 e. The minimum atomic E-state index is -0.408. The minimum absolute atomic E-state index is 0. The van der Waals surface area contributed by atoms with Crippen molar-refractivity contribution in [3.05, 3.63) is 35.9 Å². The molecular formula is C21H32ClN3O3. The molecule has 1 aliphatic heterocycles. The highest BCUT2D eigenvalue weighted by atomic mass is 35.5. The van der Waals surface area contributed by atoms with E-state index in [0.29, 0.717) is 25.6 Å². The van der Waals surface area contributed by atoms with Crippen LogP contribution < -0.4 is 5.73 Å². The Hall–Kier alpha value is -1.79. The van der Waals surface area contributed by atoms with Gasteiger partial charge in [0, 0.05) is 25.7 Å². The minimum Gasteiger partial charge on any atom is -0.445 e. The summed E-state index contributed by atoms with van der Waals surface area (Å²) in [5.74, 6) is 0.335. The Morgan fingerprint density at radius 2 is 1.82 bits per heavy atom. The summed E-state index contributed by atoms with van der Waals surface area (Å²) in [5.41, 5.74) is 7.24. The molecule has 28 heavy (non-hydrogen) atoms. The van der Waals surface area contributed by atoms with Gasteiger partial charge in [-0.1, -0.05) is 49.6 Å². The molecule has 0 bridgehead atoms. The van der Waals surface area contributed by atoms with Gasteiger partial charge in [-0.25, -0.2) is 4.79 Å². The molecule has 2 fully saturated rings. The molecule has 3 rings (SSSR count). The first-order valence-electron chi connectivity index (χ1n) is 10.1. The molecular weight excluding hydrogens is 378 g/mol. The maximum Gasteiger partial charge on any atom is 0.410 e. The fraction of sp³-hybridized carbons (Fsp3) is 0.619. The van der Waals surface area contributed by atoms with E-state index in [0.717, 1.165) is 18.4 Å². The number of hydrogen-bond donors (Lipinski definition) is 1. The number of carbonyl (C=O) groups excluding carboxylic acids is 2. The van der Waals surface area contributed by atoms with Crippen LogP contribution in [0.2, 0.25) is 0 Å². The van der Waals surface area contributed by atoms with E-state index in [-0.39, 0.29) is 37.1 Å². The van der Waals surface area contributed by atoms with Crippen molar-refractivity contribution < 1.29 is 14.3 Å². The molecule has 1 aromatic rings. The molecule has 1 saturated carbocycles. The van der Waals surface area contributed by atoms with E-state index in [1.807, 2.05) is 42.2 Å². The number of carbonyl (C=O) groups is 2. The highest BCUT2D eigenvalue weighted by molar-refractivity contribution is 5.85. The summed E-state index contributed by atoms with van der Waals surface area (Å²) in [4.78, 5) is 28.7. The molecule has 2 aliphatic rings. The van der Waals surface area contributed by atoms with Crippen LogP contribution >= 0.6 is 12.4 Å². The average molecular weight is 410 g/mol. The highest BCUT2D eigenvalue weighted by Crippen LogP contribution is 2.27. The number of amides is 2. The number of ether oxygens (including phenoxy) is 1. The summed E-state index contributed by atoms with van der Waals surface area (Å²) < 4.78 is 5.44. The third-order valence-electron chi connectivity index (χ3n) is 5.82. The molecule has 2 amide bonds. The highest BCUT2D eigenvalue weighted by Gasteiger charge is 2.35. The molecule has 2 N–H and O–H groups in total. The number of halogens is 1. The zero-order valence-corrected chi connectivity index (χ0v) is 17.4. The number of nitrogens with zero attached hydrogens (tertiary/aromatic N) is 2. The van der Waals surface area contributed by atoms with Crippen molar-refractivity contribution in [1.29, 1.82) is 0 Å². The Morgan fingerprint density at radius 1 is 1.14 bits per heavy atom. The fourth-order valence-corrected chi connectivity index (χ4v) is 4.14. The summed E-state index contributed by atoms with van der Waals surface area (Å²) >= 11 is 0. The van der Waals surface area contributed by atoms with E-state index >= 15 is 0 Å². The summed E-state index contributed by atoms with van der Waals surface area (Å²) in [5, 5.41) is 0. The van der Waals surface area contributed by atoms with Gasteiger partial charge in [-0.2, -0.15) is 0 Å². The molecule has 1 aromatic carbocycles. The van der Waals surface area contributed by atoms with Crippen LogP contribution in [-0.4, -0.2) is 53.5 Å². The second kappa shape index (κ2) is 10.7. The molecule has 0 aromatic heterocycles. The normalized spacial score (nSPS) is 21.6. The van der Waals surface area contributed by atoms with E-state index in [9.17, 15) is 9.59 Å². The van der Waals surface area contributed by atoms with Crippen molar-refractivity contribution in [3.8, 4) is 0 Å². The Balaban J connectivity index is 0.00000280. The second-order valence-electron chi connectivity index (χ2n) is 7.79. The maximum atomic E-state index is 12.8. The molecule has 0 spiro atoms. The Bertz CT molecular complexity index is 637. The van der Waals surface area contributed by atoms with Crippen LogP contribution in [-0.2, 0) is 16.1 Å². The summed E-state index contributed by atoms with van der Waals surface area (Å²) in [7, 11) is 0. The number of rotatable bonds is 4. The van der Waals surface area contributed by atoms with Crippen LogP contribution in [0.4, 0.5) is 4.79 Å². The molecule has 7 heteroatoms. The van der Waals surface area contributed by atoms with Gasteiger partial charge in [0.15, 0.2) is 0 Å². The molecule has 0 radical (unpaired) electrons. The third-order valence-corrected chi connectivity index (χ3v) is 5.82. The van der Waals surface area contributed by atoms with Crippen LogP contribution in [0.25, 0.3) is 0 Å². The van der Waals surface area contributed by atoms with E-state index in [1.54, 1.807) is 4.90 Å². The van der Waals surface area contributed by atoms with E-state index in [1.165, 1.54) is 19.3 Å². The monoisotopic (exact) mass is 409 g/mol. The molecule has 6 nitrogen and oxygen atoms in total. The topological polar surface area (TPSA) is 75.9 Å². The van der Waals surface area contributed by atoms with Crippen LogP contribution in [0.5, 0.6) is 0 Å². The molecule has 2 unspecified atom stereocenters. The van der Waals surface area contributed by atoms with E-state index in [2.05, 4.69) is 0 Å². The van der Waals surface area contributed by atoms with Crippen LogP contribution in [0.3, 0.4) is 0 Å². The lowest BCUT2D eigenvalue weighted by Gasteiger charge is -2.41. The van der Waals surface area contributed by atoms with Crippen LogP contribution in [0.15, 0.2) is 30.3 Å². The van der Waals surface area contributed by atoms with Gasteiger partial charge >= 0.3 is 6.09 Å². The van der Waals surface area contributed by atoms with Crippen molar-refractivity contribution in [1.82, 2.24) is 9.80 Å². The second-order valence-corrected chi connectivity index (χ2v) is 7.79. The lowest BCUT2D eigenvalue weighted by molar-refractivity contribution is -0.136. The lowest BCUT2D eigenvalue weighted by atomic mass is 9.83. The number of piperazine rings is 1. The zero-order valence-electron chi connectivity index (χ0n) is 16.6. The molecule has 1 heterocycles. The Kier molecular flexibility index (Phi) is 8.58. The van der Waals surface area contributed by atoms with Crippen molar-refractivity contribution in [2.24, 2.45) is 11.7 Å². The summed E-state index contributed by atoms with van der Waals surface area (Å²) in [6.45, 7) is 3.73. The van der Waals surface area contributed by atoms with Crippen LogP contribution in [0.1, 0.15) is 44.6 Å². The van der Waals surface area contributed by atoms with Crippen molar-refractivity contribution in [3.63, 3.8) is 0 Å². The smallest absolute Gasteiger partial charge is 0.410 e. The van der Waals surface area contributed by atoms with Gasteiger partial charge in [-0.15, -0.1) is 12.4 Å². The maximum absolute atomic E-state index is 12.8. The van der Waals surface area contributed by atoms with Gasteiger partial charge in [-0.05, 0) is 31.2 Å². The number of benzene rings is 1. The first kappa shape index (κ1) is 22.5. The predicted octanol–water partition coefficient (Wildman–Crippen LogP) is 3.19. The van der Waals surface area contributed by atoms with Gasteiger partial charge in [0.05, 0.1) is 6.04 Å². The summed E-state index contributed by atoms with van der Waals surface area (Å²) in [6, 6.07) is 9.15. The van der Waals surface area contributed by atoms with Gasteiger partial charge < -0.3 is 20.3 Å². The lowest BCUT2D eigenvalue weighted by Crippen LogP contribution is -2.59. The average Bonchev–Trinajstić information content (AvgIpc) is 2.72. The molecule has 156 valence electrons. The predicted molar refractivity (Wildman–Crippen MR) is 111 cm³/mol. The Morgan fingerprint density at radius 3 is 2.46 bits per heavy atom. The number of nitrogens with two attached hydrogens (primary N) is 1. The quantitative estimate of drug-likeness (QED) is 0.828. The SMILES string of the molecule is CC1CN(C(=O)C(N)C2CCCCC2)CCN1C(=O)OCc1ccccc1.Cl. The molecule has 1 aliphatic carbocycles.